The summed E-state index contributed by atoms with van der Waals surface area (Å²) in [4.78, 5) is 20.8. The van der Waals surface area contributed by atoms with E-state index in [1.807, 2.05) is 5.32 Å². The normalized spacial score (nSPS) is 21.1. The summed E-state index contributed by atoms with van der Waals surface area (Å²) < 4.78 is 4.28. The second-order valence-corrected chi connectivity index (χ2v) is 1.58. The summed E-state index contributed by atoms with van der Waals surface area (Å²) in [6, 6.07) is 0. The van der Waals surface area contributed by atoms with Crippen LogP contribution in [0.2, 0.25) is 0 Å². The molecule has 0 spiro atoms. The highest BCUT2D eigenvalue weighted by Crippen LogP contribution is 2.04. The van der Waals surface area contributed by atoms with Crippen LogP contribution in [0.25, 0.3) is 0 Å². The van der Waals surface area contributed by atoms with Crippen molar-refractivity contribution in [1.82, 2.24) is 5.32 Å². The van der Waals surface area contributed by atoms with E-state index in [4.69, 9.17) is 0 Å². The SMILES string of the molecule is [O]C/C=C1/OC(=O)NC1=O. The molecule has 1 aliphatic heterocycles. The summed E-state index contributed by atoms with van der Waals surface area (Å²) in [5, 5.41) is 11.7. The Morgan fingerprint density at radius 3 is 2.60 bits per heavy atom. The van der Waals surface area contributed by atoms with Crippen molar-refractivity contribution in [2.24, 2.45) is 0 Å². The average molecular weight is 142 g/mol. The van der Waals surface area contributed by atoms with Crippen molar-refractivity contribution in [3.63, 3.8) is 0 Å². The first-order valence-corrected chi connectivity index (χ1v) is 2.55. The molecule has 1 N–H and O–H groups in total. The number of ether oxygens (including phenoxy) is 1. The number of rotatable bonds is 1. The standard InChI is InChI=1S/C5H4NO4/c7-2-1-3-4(8)6-5(9)10-3/h1H,2H2,(H,6,8,9)/b3-1+. The van der Waals surface area contributed by atoms with E-state index in [9.17, 15) is 14.7 Å². The van der Waals surface area contributed by atoms with Crippen LogP contribution in [0.5, 0.6) is 0 Å². The zero-order chi connectivity index (χ0) is 7.56. The summed E-state index contributed by atoms with van der Waals surface area (Å²) >= 11 is 0. The molecule has 0 unspecified atom stereocenters. The summed E-state index contributed by atoms with van der Waals surface area (Å²) in [6.45, 7) is -0.573. The smallest absolute Gasteiger partial charge is 0.404 e. The van der Waals surface area contributed by atoms with Crippen LogP contribution >= 0.6 is 0 Å². The molecule has 1 heterocycles. The van der Waals surface area contributed by atoms with Crippen molar-refractivity contribution in [2.75, 3.05) is 6.61 Å². The van der Waals surface area contributed by atoms with Gasteiger partial charge < -0.3 is 4.74 Å². The van der Waals surface area contributed by atoms with Crippen molar-refractivity contribution in [1.29, 1.82) is 0 Å². The molecule has 0 saturated carbocycles. The Labute approximate surface area is 56.3 Å². The van der Waals surface area contributed by atoms with Crippen LogP contribution in [0.15, 0.2) is 11.8 Å². The molecule has 1 aliphatic rings. The molecule has 10 heavy (non-hydrogen) atoms. The number of hydrogen-bond acceptors (Lipinski definition) is 3. The van der Waals surface area contributed by atoms with E-state index in [1.165, 1.54) is 0 Å². The fraction of sp³-hybridized carbons (Fsp3) is 0.200. The lowest BCUT2D eigenvalue weighted by atomic mass is 10.4. The molecule has 0 atom stereocenters. The molecule has 1 rings (SSSR count). The van der Waals surface area contributed by atoms with Gasteiger partial charge in [0.2, 0.25) is 0 Å². The Balaban J connectivity index is 2.72. The Kier molecular flexibility index (Phi) is 1.68. The van der Waals surface area contributed by atoms with Crippen molar-refractivity contribution in [3.8, 4) is 0 Å². The third-order valence-electron chi connectivity index (χ3n) is 0.911. The number of carbonyl (C=O) groups is 2. The summed E-state index contributed by atoms with van der Waals surface area (Å²) in [5.41, 5.74) is 0. The Bertz CT molecular complexity index is 208. The van der Waals surface area contributed by atoms with Crippen LogP contribution < -0.4 is 5.32 Å². The minimum atomic E-state index is -0.829. The molecule has 53 valence electrons. The van der Waals surface area contributed by atoms with Gasteiger partial charge in [-0.25, -0.2) is 9.90 Å². The molecule has 0 bridgehead atoms. The van der Waals surface area contributed by atoms with Gasteiger partial charge in [-0.2, -0.15) is 0 Å². The molecule has 1 saturated heterocycles. The predicted octanol–water partition coefficient (Wildman–Crippen LogP) is -0.433. The van der Waals surface area contributed by atoms with Gasteiger partial charge in [0.25, 0.3) is 5.91 Å². The topological polar surface area (TPSA) is 75.3 Å². The van der Waals surface area contributed by atoms with Gasteiger partial charge in [0.1, 0.15) is 6.61 Å². The van der Waals surface area contributed by atoms with Gasteiger partial charge in [-0.3, -0.25) is 10.1 Å². The van der Waals surface area contributed by atoms with Gasteiger partial charge in [-0.05, 0) is 6.08 Å². The molecule has 5 nitrogen and oxygen atoms in total. The van der Waals surface area contributed by atoms with E-state index in [2.05, 4.69) is 4.74 Å². The number of imide groups is 1. The summed E-state index contributed by atoms with van der Waals surface area (Å²) in [7, 11) is 0. The largest absolute Gasteiger partial charge is 0.419 e. The first-order valence-electron chi connectivity index (χ1n) is 2.55. The summed E-state index contributed by atoms with van der Waals surface area (Å²) in [6.07, 6.45) is 0.171. The second kappa shape index (κ2) is 2.49. The maximum atomic E-state index is 10.5. The monoisotopic (exact) mass is 142 g/mol. The third-order valence-corrected chi connectivity index (χ3v) is 0.911. The second-order valence-electron chi connectivity index (χ2n) is 1.58. The molecule has 5 heteroatoms. The number of amides is 2. The predicted molar refractivity (Wildman–Crippen MR) is 28.3 cm³/mol. The molecular weight excluding hydrogens is 138 g/mol. The quantitative estimate of drug-likeness (QED) is 0.504. The van der Waals surface area contributed by atoms with Gasteiger partial charge in [0.15, 0.2) is 5.76 Å². The Morgan fingerprint density at radius 1 is 1.50 bits per heavy atom. The molecule has 0 aromatic rings. The van der Waals surface area contributed by atoms with Gasteiger partial charge in [0, 0.05) is 0 Å². The van der Waals surface area contributed by atoms with Crippen LogP contribution in [0.3, 0.4) is 0 Å². The van der Waals surface area contributed by atoms with Crippen LogP contribution in [0.4, 0.5) is 4.79 Å². The van der Waals surface area contributed by atoms with Crippen LogP contribution in [0, 0.1) is 0 Å². The first-order chi connectivity index (χ1) is 4.74. The highest BCUT2D eigenvalue weighted by Gasteiger charge is 2.25. The van der Waals surface area contributed by atoms with Crippen molar-refractivity contribution in [3.05, 3.63) is 11.8 Å². The number of alkyl carbamates (subject to hydrolysis) is 1. The zero-order valence-corrected chi connectivity index (χ0v) is 4.92. The van der Waals surface area contributed by atoms with E-state index < -0.39 is 18.6 Å². The zero-order valence-electron chi connectivity index (χ0n) is 4.92. The third kappa shape index (κ3) is 1.14. The Hall–Kier alpha value is -1.36. The number of nitrogens with one attached hydrogen (secondary N) is 1. The fourth-order valence-corrected chi connectivity index (χ4v) is 0.536. The van der Waals surface area contributed by atoms with E-state index >= 15 is 0 Å². The molecule has 1 fully saturated rings. The molecule has 0 aliphatic carbocycles. The fourth-order valence-electron chi connectivity index (χ4n) is 0.536. The summed E-state index contributed by atoms with van der Waals surface area (Å²) in [5.74, 6) is -0.860. The van der Waals surface area contributed by atoms with Gasteiger partial charge in [-0.15, -0.1) is 0 Å². The maximum absolute atomic E-state index is 10.5. The average Bonchev–Trinajstić information content (AvgIpc) is 2.13. The number of cyclic esters (lactones) is 1. The van der Waals surface area contributed by atoms with Gasteiger partial charge in [0.05, 0.1) is 0 Å². The minimum absolute atomic E-state index is 0.208. The molecular formula is C5H4NO4. The van der Waals surface area contributed by atoms with Crippen molar-refractivity contribution in [2.45, 2.75) is 0 Å². The molecule has 0 aromatic heterocycles. The van der Waals surface area contributed by atoms with Crippen LogP contribution in [-0.2, 0) is 14.6 Å². The first kappa shape index (κ1) is 6.76. The van der Waals surface area contributed by atoms with Crippen LogP contribution in [0.1, 0.15) is 0 Å². The number of carbonyl (C=O) groups excluding carboxylic acids is 2. The molecule has 1 radical (unpaired) electrons. The highest BCUT2D eigenvalue weighted by atomic mass is 16.6. The maximum Gasteiger partial charge on any atom is 0.419 e. The number of hydrogen-bond donors (Lipinski definition) is 1. The highest BCUT2D eigenvalue weighted by molar-refractivity contribution is 6.07. The van der Waals surface area contributed by atoms with E-state index in [1.54, 1.807) is 0 Å². The van der Waals surface area contributed by atoms with Crippen LogP contribution in [-0.4, -0.2) is 18.6 Å². The lowest BCUT2D eigenvalue weighted by molar-refractivity contribution is -0.116. The van der Waals surface area contributed by atoms with E-state index in [-0.39, 0.29) is 5.76 Å². The minimum Gasteiger partial charge on any atom is -0.404 e. The van der Waals surface area contributed by atoms with E-state index in [0.717, 1.165) is 6.08 Å². The van der Waals surface area contributed by atoms with Crippen molar-refractivity contribution >= 4 is 12.0 Å². The van der Waals surface area contributed by atoms with Gasteiger partial charge >= 0.3 is 6.09 Å². The van der Waals surface area contributed by atoms with Crippen molar-refractivity contribution < 1.29 is 19.4 Å². The lowest BCUT2D eigenvalue weighted by Crippen LogP contribution is -2.18. The van der Waals surface area contributed by atoms with E-state index in [0.29, 0.717) is 0 Å². The molecule has 0 aromatic carbocycles. The molecule has 2 amide bonds. The Morgan fingerprint density at radius 2 is 2.20 bits per heavy atom. The van der Waals surface area contributed by atoms with Gasteiger partial charge in [-0.1, -0.05) is 0 Å². The lowest BCUT2D eigenvalue weighted by Gasteiger charge is -1.86.